The number of amides is 2. The highest BCUT2D eigenvalue weighted by Crippen LogP contribution is 2.22. The monoisotopic (exact) mass is 414 g/mol. The van der Waals surface area contributed by atoms with Gasteiger partial charge in [-0.05, 0) is 36.8 Å². The second-order valence-corrected chi connectivity index (χ2v) is 6.85. The molecule has 0 radical (unpaired) electrons. The Bertz CT molecular complexity index is 1100. The Kier molecular flexibility index (Phi) is 6.13. The Morgan fingerprint density at radius 3 is 2.59 bits per heavy atom. The maximum atomic E-state index is 12.4. The van der Waals surface area contributed by atoms with E-state index in [0.29, 0.717) is 21.5 Å². The fourth-order valence-corrected chi connectivity index (χ4v) is 3.01. The Morgan fingerprint density at radius 1 is 1.21 bits per heavy atom. The number of primary amides is 1. The van der Waals surface area contributed by atoms with E-state index in [1.54, 1.807) is 55.5 Å². The first-order chi connectivity index (χ1) is 13.8. The zero-order valence-electron chi connectivity index (χ0n) is 15.5. The summed E-state index contributed by atoms with van der Waals surface area (Å²) in [5.41, 5.74) is 6.05. The topological polar surface area (TPSA) is 127 Å². The van der Waals surface area contributed by atoms with Crippen molar-refractivity contribution in [3.8, 4) is 0 Å². The van der Waals surface area contributed by atoms with Crippen LogP contribution < -0.4 is 16.6 Å². The molecule has 0 spiro atoms. The van der Waals surface area contributed by atoms with Gasteiger partial charge in [0.2, 0.25) is 0 Å². The van der Waals surface area contributed by atoms with E-state index in [4.69, 9.17) is 22.1 Å². The number of hydrogen-bond donors (Lipinski definition) is 3. The van der Waals surface area contributed by atoms with Crippen LogP contribution in [0.1, 0.15) is 36.9 Å². The van der Waals surface area contributed by atoms with Crippen LogP contribution in [0.15, 0.2) is 53.3 Å². The van der Waals surface area contributed by atoms with Crippen LogP contribution in [0, 0.1) is 0 Å². The van der Waals surface area contributed by atoms with Crippen LogP contribution in [-0.2, 0) is 9.53 Å². The third-order valence-electron chi connectivity index (χ3n) is 4.28. The molecule has 9 heteroatoms. The van der Waals surface area contributed by atoms with Gasteiger partial charge >= 0.3 is 12.0 Å². The van der Waals surface area contributed by atoms with Crippen molar-refractivity contribution in [1.29, 1.82) is 0 Å². The van der Waals surface area contributed by atoms with E-state index in [1.165, 1.54) is 0 Å². The third kappa shape index (κ3) is 5.11. The summed E-state index contributed by atoms with van der Waals surface area (Å²) < 4.78 is 5.41. The normalized spacial score (nSPS) is 12.9. The van der Waals surface area contributed by atoms with E-state index in [0.717, 1.165) is 0 Å². The van der Waals surface area contributed by atoms with Crippen LogP contribution in [0.25, 0.3) is 10.9 Å². The van der Waals surface area contributed by atoms with Gasteiger partial charge in [-0.15, -0.1) is 0 Å². The van der Waals surface area contributed by atoms with Gasteiger partial charge in [-0.25, -0.2) is 9.78 Å². The van der Waals surface area contributed by atoms with Crippen LogP contribution in [0.5, 0.6) is 0 Å². The molecule has 29 heavy (non-hydrogen) atoms. The lowest BCUT2D eigenvalue weighted by atomic mass is 10.0. The molecule has 3 rings (SSSR count). The minimum Gasteiger partial charge on any atom is -0.454 e. The summed E-state index contributed by atoms with van der Waals surface area (Å²) in [6.45, 7) is 1.60. The molecule has 2 aromatic carbocycles. The number of rotatable bonds is 6. The molecule has 0 aliphatic rings. The van der Waals surface area contributed by atoms with Crippen LogP contribution in [0.2, 0.25) is 5.02 Å². The Balaban J connectivity index is 1.74. The number of para-hydroxylation sites is 1. The van der Waals surface area contributed by atoms with Crippen molar-refractivity contribution >= 4 is 34.5 Å². The molecule has 0 saturated carbocycles. The molecule has 1 aromatic heterocycles. The Hall–Kier alpha value is -3.39. The van der Waals surface area contributed by atoms with Crippen LogP contribution in [0.4, 0.5) is 4.79 Å². The zero-order chi connectivity index (χ0) is 21.0. The Labute approximate surface area is 171 Å². The standard InChI is InChI=1S/C20H19ClN4O4/c1-11(18-23-15-5-3-2-4-14(15)19(27)25-18)29-17(26)10-16(24-20(22)28)12-6-8-13(21)9-7-12/h2-9,11,16H,10H2,1H3,(H3,22,24,28)(H,23,25,27)/t11-,16-/m0/s1. The van der Waals surface area contributed by atoms with Crippen molar-refractivity contribution in [3.05, 3.63) is 75.3 Å². The number of fused-ring (bicyclic) bond motifs is 1. The van der Waals surface area contributed by atoms with Gasteiger partial charge < -0.3 is 20.8 Å². The van der Waals surface area contributed by atoms with Gasteiger partial charge in [0, 0.05) is 5.02 Å². The number of H-pyrrole nitrogens is 1. The quantitative estimate of drug-likeness (QED) is 0.534. The van der Waals surface area contributed by atoms with Crippen molar-refractivity contribution in [2.45, 2.75) is 25.5 Å². The summed E-state index contributed by atoms with van der Waals surface area (Å²) >= 11 is 5.88. The van der Waals surface area contributed by atoms with E-state index < -0.39 is 24.1 Å². The molecule has 150 valence electrons. The highest BCUT2D eigenvalue weighted by atomic mass is 35.5. The summed E-state index contributed by atoms with van der Waals surface area (Å²) in [6, 6.07) is 12.1. The average Bonchev–Trinajstić information content (AvgIpc) is 2.67. The van der Waals surface area contributed by atoms with Gasteiger partial charge in [0.15, 0.2) is 11.9 Å². The number of benzene rings is 2. The highest BCUT2D eigenvalue weighted by Gasteiger charge is 2.21. The van der Waals surface area contributed by atoms with E-state index in [9.17, 15) is 14.4 Å². The van der Waals surface area contributed by atoms with Crippen molar-refractivity contribution < 1.29 is 14.3 Å². The number of nitrogens with one attached hydrogen (secondary N) is 2. The highest BCUT2D eigenvalue weighted by molar-refractivity contribution is 6.30. The van der Waals surface area contributed by atoms with Gasteiger partial charge in [-0.1, -0.05) is 35.9 Å². The molecule has 1 heterocycles. The largest absolute Gasteiger partial charge is 0.454 e. The molecule has 8 nitrogen and oxygen atoms in total. The van der Waals surface area contributed by atoms with E-state index in [2.05, 4.69) is 15.3 Å². The van der Waals surface area contributed by atoms with E-state index in [1.807, 2.05) is 0 Å². The number of nitrogens with zero attached hydrogens (tertiary/aromatic N) is 1. The maximum absolute atomic E-state index is 12.4. The number of carbonyl (C=O) groups is 2. The molecule has 2 amide bonds. The summed E-state index contributed by atoms with van der Waals surface area (Å²) in [6.07, 6.45) is -0.952. The smallest absolute Gasteiger partial charge is 0.312 e. The number of carbonyl (C=O) groups excluding carboxylic acids is 2. The van der Waals surface area contributed by atoms with Gasteiger partial charge in [-0.3, -0.25) is 9.59 Å². The number of aromatic amines is 1. The first-order valence-electron chi connectivity index (χ1n) is 8.83. The lowest BCUT2D eigenvalue weighted by molar-refractivity contribution is -0.149. The number of hydrogen-bond acceptors (Lipinski definition) is 5. The number of aromatic nitrogens is 2. The fourth-order valence-electron chi connectivity index (χ4n) is 2.88. The molecule has 0 aliphatic heterocycles. The first kappa shape index (κ1) is 20.3. The van der Waals surface area contributed by atoms with Crippen molar-refractivity contribution in [1.82, 2.24) is 15.3 Å². The third-order valence-corrected chi connectivity index (χ3v) is 4.54. The molecule has 2 atom stereocenters. The second-order valence-electron chi connectivity index (χ2n) is 6.42. The minimum absolute atomic E-state index is 0.160. The van der Waals surface area contributed by atoms with E-state index >= 15 is 0 Å². The average molecular weight is 415 g/mol. The number of ether oxygens (including phenoxy) is 1. The maximum Gasteiger partial charge on any atom is 0.312 e. The summed E-state index contributed by atoms with van der Waals surface area (Å²) in [5, 5.41) is 3.48. The predicted molar refractivity (Wildman–Crippen MR) is 108 cm³/mol. The molecule has 3 aromatic rings. The minimum atomic E-state index is -0.792. The molecule has 0 fully saturated rings. The number of nitrogens with two attached hydrogens (primary N) is 1. The van der Waals surface area contributed by atoms with E-state index in [-0.39, 0.29) is 17.8 Å². The molecule has 4 N–H and O–H groups in total. The summed E-state index contributed by atoms with van der Waals surface area (Å²) in [5.74, 6) is -0.366. The molecule has 0 unspecified atom stereocenters. The molecule has 0 bridgehead atoms. The molecular weight excluding hydrogens is 396 g/mol. The summed E-state index contributed by atoms with van der Waals surface area (Å²) in [4.78, 5) is 42.9. The molecule has 0 aliphatic carbocycles. The lowest BCUT2D eigenvalue weighted by Gasteiger charge is -2.19. The fraction of sp³-hybridized carbons (Fsp3) is 0.200. The SMILES string of the molecule is C[C@H](OC(=O)C[C@H](NC(N)=O)c1ccc(Cl)cc1)c1nc2ccccc2c(=O)[nH]1. The first-order valence-corrected chi connectivity index (χ1v) is 9.21. The van der Waals surface area contributed by atoms with Crippen LogP contribution >= 0.6 is 11.6 Å². The van der Waals surface area contributed by atoms with Crippen LogP contribution in [-0.4, -0.2) is 22.0 Å². The second kappa shape index (κ2) is 8.74. The molecule has 0 saturated heterocycles. The predicted octanol–water partition coefficient (Wildman–Crippen LogP) is 2.98. The van der Waals surface area contributed by atoms with Crippen molar-refractivity contribution in [2.75, 3.05) is 0 Å². The lowest BCUT2D eigenvalue weighted by Crippen LogP contribution is -2.34. The molecular formula is C20H19ClN4O4. The van der Waals surface area contributed by atoms with Gasteiger partial charge in [-0.2, -0.15) is 0 Å². The zero-order valence-corrected chi connectivity index (χ0v) is 16.3. The summed E-state index contributed by atoms with van der Waals surface area (Å²) in [7, 11) is 0. The van der Waals surface area contributed by atoms with Gasteiger partial charge in [0.1, 0.15) is 0 Å². The van der Waals surface area contributed by atoms with Crippen molar-refractivity contribution in [2.24, 2.45) is 5.73 Å². The number of urea groups is 1. The van der Waals surface area contributed by atoms with Gasteiger partial charge in [0.25, 0.3) is 5.56 Å². The van der Waals surface area contributed by atoms with Gasteiger partial charge in [0.05, 0.1) is 23.4 Å². The number of esters is 1. The Morgan fingerprint density at radius 2 is 1.90 bits per heavy atom. The van der Waals surface area contributed by atoms with Crippen molar-refractivity contribution in [3.63, 3.8) is 0 Å². The number of halogens is 1. The van der Waals surface area contributed by atoms with Crippen LogP contribution in [0.3, 0.4) is 0 Å².